The number of aromatic nitrogens is 1. The van der Waals surface area contributed by atoms with Crippen LogP contribution in [0.5, 0.6) is 0 Å². The smallest absolute Gasteiger partial charge is 0.261 e. The lowest BCUT2D eigenvalue weighted by Crippen LogP contribution is -2.24. The topological polar surface area (TPSA) is 79.4 Å². The molecule has 1 aromatic heterocycles. The van der Waals surface area contributed by atoms with Gasteiger partial charge in [-0.05, 0) is 23.8 Å². The normalized spacial score (nSPS) is 13.0. The van der Waals surface area contributed by atoms with Crippen molar-refractivity contribution in [3.63, 3.8) is 0 Å². The number of thiazole rings is 1. The van der Waals surface area contributed by atoms with Gasteiger partial charge in [0, 0.05) is 22.5 Å². The van der Waals surface area contributed by atoms with Gasteiger partial charge in [-0.25, -0.2) is 4.98 Å². The van der Waals surface area contributed by atoms with Gasteiger partial charge in [0.25, 0.3) is 11.8 Å². The Morgan fingerprint density at radius 2 is 1.89 bits per heavy atom. The van der Waals surface area contributed by atoms with Crippen LogP contribution in [-0.4, -0.2) is 34.7 Å². The number of hydrogen-bond donors (Lipinski definition) is 1. The molecule has 0 atom stereocenters. The highest BCUT2D eigenvalue weighted by molar-refractivity contribution is 9.10. The van der Waals surface area contributed by atoms with E-state index in [1.54, 1.807) is 18.2 Å². The molecular formula is C20H14BrN3O3S. The van der Waals surface area contributed by atoms with Gasteiger partial charge in [-0.2, -0.15) is 0 Å². The van der Waals surface area contributed by atoms with Crippen LogP contribution in [-0.2, 0) is 11.2 Å². The van der Waals surface area contributed by atoms with Crippen molar-refractivity contribution in [1.29, 1.82) is 0 Å². The summed E-state index contributed by atoms with van der Waals surface area (Å²) < 4.78 is 0.981. The molecule has 0 radical (unpaired) electrons. The van der Waals surface area contributed by atoms with Gasteiger partial charge in [-0.1, -0.05) is 40.2 Å². The van der Waals surface area contributed by atoms with Crippen molar-refractivity contribution in [2.45, 2.75) is 6.42 Å². The number of nitrogens with one attached hydrogen (secondary N) is 1. The molecule has 0 saturated carbocycles. The minimum Gasteiger partial charge on any atom is -0.302 e. The molecule has 0 unspecified atom stereocenters. The summed E-state index contributed by atoms with van der Waals surface area (Å²) in [7, 11) is 1.44. The minimum atomic E-state index is -0.379. The molecule has 2 aromatic carbocycles. The molecule has 1 aliphatic rings. The van der Waals surface area contributed by atoms with Crippen molar-refractivity contribution in [3.05, 3.63) is 69.0 Å². The number of carbonyl (C=O) groups excluding carboxylic acids is 3. The van der Waals surface area contributed by atoms with Crippen LogP contribution < -0.4 is 5.32 Å². The maximum atomic E-state index is 12.5. The van der Waals surface area contributed by atoms with Crippen molar-refractivity contribution in [1.82, 2.24) is 9.88 Å². The molecule has 28 heavy (non-hydrogen) atoms. The summed E-state index contributed by atoms with van der Waals surface area (Å²) in [5.74, 6) is -1.02. The molecule has 3 aromatic rings. The summed E-state index contributed by atoms with van der Waals surface area (Å²) >= 11 is 4.73. The van der Waals surface area contributed by atoms with Crippen LogP contribution in [0.15, 0.2) is 52.3 Å². The van der Waals surface area contributed by atoms with E-state index in [9.17, 15) is 14.4 Å². The predicted molar refractivity (Wildman–Crippen MR) is 110 cm³/mol. The van der Waals surface area contributed by atoms with Crippen LogP contribution in [0.2, 0.25) is 0 Å². The van der Waals surface area contributed by atoms with Crippen LogP contribution in [0.3, 0.4) is 0 Å². The van der Waals surface area contributed by atoms with E-state index < -0.39 is 0 Å². The van der Waals surface area contributed by atoms with Crippen LogP contribution in [0.1, 0.15) is 26.3 Å². The minimum absolute atomic E-state index is 0.0107. The SMILES string of the molecule is CN1C(=O)c2cccc(CC(=O)Nc3nc(-c4ccc(Br)cc4)cs3)c2C1=O. The van der Waals surface area contributed by atoms with Gasteiger partial charge in [0.15, 0.2) is 5.13 Å². The van der Waals surface area contributed by atoms with Crippen molar-refractivity contribution < 1.29 is 14.4 Å². The number of imide groups is 1. The Bertz CT molecular complexity index is 1110. The molecule has 0 saturated heterocycles. The van der Waals surface area contributed by atoms with Gasteiger partial charge >= 0.3 is 0 Å². The molecule has 0 fully saturated rings. The zero-order valence-electron chi connectivity index (χ0n) is 14.7. The van der Waals surface area contributed by atoms with Crippen LogP contribution >= 0.6 is 27.3 Å². The Morgan fingerprint density at radius 1 is 1.14 bits per heavy atom. The van der Waals surface area contributed by atoms with Crippen molar-refractivity contribution in [2.75, 3.05) is 12.4 Å². The number of carbonyl (C=O) groups is 3. The quantitative estimate of drug-likeness (QED) is 0.603. The third-order valence-electron chi connectivity index (χ3n) is 4.45. The van der Waals surface area contributed by atoms with Crippen LogP contribution in [0.4, 0.5) is 5.13 Å². The molecule has 6 nitrogen and oxygen atoms in total. The fourth-order valence-corrected chi connectivity index (χ4v) is 4.04. The lowest BCUT2D eigenvalue weighted by Gasteiger charge is -2.07. The molecule has 1 aliphatic heterocycles. The lowest BCUT2D eigenvalue weighted by molar-refractivity contribution is -0.115. The lowest BCUT2D eigenvalue weighted by atomic mass is 10.00. The molecule has 0 spiro atoms. The van der Waals surface area contributed by atoms with Gasteiger partial charge in [0.1, 0.15) is 0 Å². The number of anilines is 1. The van der Waals surface area contributed by atoms with Gasteiger partial charge in [-0.3, -0.25) is 19.3 Å². The number of fused-ring (bicyclic) bond motifs is 1. The van der Waals surface area contributed by atoms with E-state index in [1.165, 1.54) is 18.4 Å². The summed E-state index contributed by atoms with van der Waals surface area (Å²) in [6.07, 6.45) is -0.0107. The van der Waals surface area contributed by atoms with E-state index in [-0.39, 0.29) is 24.1 Å². The van der Waals surface area contributed by atoms with Gasteiger partial charge in [0.05, 0.1) is 23.2 Å². The first-order chi connectivity index (χ1) is 13.4. The number of halogens is 1. The molecule has 2 heterocycles. The fourth-order valence-electron chi connectivity index (χ4n) is 3.04. The second kappa shape index (κ2) is 7.29. The van der Waals surface area contributed by atoms with Crippen LogP contribution in [0.25, 0.3) is 11.3 Å². The van der Waals surface area contributed by atoms with Gasteiger partial charge < -0.3 is 5.32 Å². The Morgan fingerprint density at radius 3 is 2.64 bits per heavy atom. The average Bonchev–Trinajstić information content (AvgIpc) is 3.22. The highest BCUT2D eigenvalue weighted by atomic mass is 79.9. The van der Waals surface area contributed by atoms with E-state index in [0.717, 1.165) is 20.6 Å². The molecule has 3 amide bonds. The number of amides is 3. The van der Waals surface area contributed by atoms with Gasteiger partial charge in [0.2, 0.25) is 5.91 Å². The monoisotopic (exact) mass is 455 g/mol. The van der Waals surface area contributed by atoms with E-state index in [2.05, 4.69) is 26.2 Å². The molecule has 0 bridgehead atoms. The maximum Gasteiger partial charge on any atom is 0.261 e. The molecule has 1 N–H and O–H groups in total. The Balaban J connectivity index is 1.50. The largest absolute Gasteiger partial charge is 0.302 e. The van der Waals surface area contributed by atoms with Crippen molar-refractivity contribution >= 4 is 50.1 Å². The zero-order chi connectivity index (χ0) is 19.8. The third-order valence-corrected chi connectivity index (χ3v) is 5.73. The second-order valence-electron chi connectivity index (χ2n) is 6.28. The Hall–Kier alpha value is -2.84. The summed E-state index contributed by atoms with van der Waals surface area (Å²) in [6.45, 7) is 0. The first-order valence-electron chi connectivity index (χ1n) is 8.39. The Labute approximate surface area is 173 Å². The average molecular weight is 456 g/mol. The maximum absolute atomic E-state index is 12.5. The zero-order valence-corrected chi connectivity index (χ0v) is 17.1. The van der Waals surface area contributed by atoms with Crippen molar-refractivity contribution in [3.8, 4) is 11.3 Å². The van der Waals surface area contributed by atoms with Gasteiger partial charge in [-0.15, -0.1) is 11.3 Å². The van der Waals surface area contributed by atoms with E-state index >= 15 is 0 Å². The predicted octanol–water partition coefficient (Wildman–Crippen LogP) is 3.98. The molecular weight excluding hydrogens is 442 g/mol. The molecule has 140 valence electrons. The molecule has 8 heteroatoms. The summed E-state index contributed by atoms with van der Waals surface area (Å²) in [5, 5.41) is 5.12. The highest BCUT2D eigenvalue weighted by Crippen LogP contribution is 2.28. The van der Waals surface area contributed by atoms with E-state index in [1.807, 2.05) is 29.6 Å². The fraction of sp³-hybridized carbons (Fsp3) is 0.100. The van der Waals surface area contributed by atoms with Crippen LogP contribution in [0, 0.1) is 0 Å². The summed E-state index contributed by atoms with van der Waals surface area (Å²) in [4.78, 5) is 42.4. The molecule has 0 aliphatic carbocycles. The number of nitrogens with zero attached hydrogens (tertiary/aromatic N) is 2. The van der Waals surface area contributed by atoms with E-state index in [0.29, 0.717) is 21.8 Å². The number of benzene rings is 2. The summed E-state index contributed by atoms with van der Waals surface area (Å²) in [5.41, 5.74) is 2.90. The first kappa shape index (κ1) is 18.5. The summed E-state index contributed by atoms with van der Waals surface area (Å²) in [6, 6.07) is 12.7. The third kappa shape index (κ3) is 3.36. The number of rotatable bonds is 4. The van der Waals surface area contributed by atoms with E-state index in [4.69, 9.17) is 0 Å². The Kier molecular flexibility index (Phi) is 4.82. The molecule has 4 rings (SSSR count). The second-order valence-corrected chi connectivity index (χ2v) is 8.05. The van der Waals surface area contributed by atoms with Crippen molar-refractivity contribution in [2.24, 2.45) is 0 Å². The highest BCUT2D eigenvalue weighted by Gasteiger charge is 2.34. The standard InChI is InChI=1S/C20H14BrN3O3S/c1-24-18(26)14-4-2-3-12(17(14)19(24)27)9-16(25)23-20-22-15(10-28-20)11-5-7-13(21)8-6-11/h2-8,10H,9H2,1H3,(H,22,23,25). The first-order valence-corrected chi connectivity index (χ1v) is 10.1. The number of hydrogen-bond acceptors (Lipinski definition) is 5.